The summed E-state index contributed by atoms with van der Waals surface area (Å²) in [6.45, 7) is 2.51. The number of rotatable bonds is 3. The van der Waals surface area contributed by atoms with E-state index in [1.165, 1.54) is 0 Å². The zero-order chi connectivity index (χ0) is 15.4. The minimum Gasteiger partial charge on any atom is -0.338 e. The number of aromatic nitrogens is 3. The lowest BCUT2D eigenvalue weighted by Gasteiger charge is -2.25. The van der Waals surface area contributed by atoms with E-state index in [9.17, 15) is 4.79 Å². The Morgan fingerprint density at radius 2 is 2.32 bits per heavy atom. The Hall–Kier alpha value is -2.50. The third kappa shape index (κ3) is 3.05. The molecule has 3 rings (SSSR count). The van der Waals surface area contributed by atoms with Gasteiger partial charge in [0.2, 0.25) is 0 Å². The van der Waals surface area contributed by atoms with Crippen LogP contribution in [0.3, 0.4) is 0 Å². The molecule has 0 saturated carbocycles. The number of nitrogens with zero attached hydrogens (tertiary/aromatic N) is 3. The van der Waals surface area contributed by atoms with Gasteiger partial charge in [-0.2, -0.15) is 0 Å². The van der Waals surface area contributed by atoms with Crippen molar-refractivity contribution in [1.82, 2.24) is 25.6 Å². The lowest BCUT2D eigenvalue weighted by molar-refractivity contribution is 0.236. The maximum Gasteiger partial charge on any atom is 0.315 e. The Morgan fingerprint density at radius 1 is 1.41 bits per heavy atom. The Morgan fingerprint density at radius 3 is 3.09 bits per heavy atom. The first kappa shape index (κ1) is 14.4. The third-order valence-corrected chi connectivity index (χ3v) is 3.74. The number of pyridine rings is 1. The number of fused-ring (bicyclic) bond motifs is 1. The van der Waals surface area contributed by atoms with E-state index >= 15 is 0 Å². The fourth-order valence-electron chi connectivity index (χ4n) is 2.70. The Labute approximate surface area is 129 Å². The minimum atomic E-state index is -0.142. The van der Waals surface area contributed by atoms with E-state index in [4.69, 9.17) is 0 Å². The summed E-state index contributed by atoms with van der Waals surface area (Å²) < 4.78 is 0. The van der Waals surface area contributed by atoms with Gasteiger partial charge in [0.25, 0.3) is 0 Å². The number of carbonyl (C=O) groups is 1. The number of aryl methyl sites for hydroxylation is 1. The fourth-order valence-corrected chi connectivity index (χ4v) is 2.70. The van der Waals surface area contributed by atoms with Gasteiger partial charge in [-0.3, -0.25) is 4.98 Å². The number of hydrogen-bond donors (Lipinski definition) is 2. The maximum absolute atomic E-state index is 11.7. The molecule has 0 aromatic carbocycles. The van der Waals surface area contributed by atoms with Gasteiger partial charge in [0.15, 0.2) is 5.82 Å². The lowest BCUT2D eigenvalue weighted by atomic mass is 9.92. The molecule has 2 aromatic heterocycles. The van der Waals surface area contributed by atoms with Gasteiger partial charge >= 0.3 is 6.03 Å². The predicted molar refractivity (Wildman–Crippen MR) is 83.2 cm³/mol. The highest BCUT2D eigenvalue weighted by Crippen LogP contribution is 2.29. The average molecular weight is 297 g/mol. The molecule has 1 atom stereocenters. The van der Waals surface area contributed by atoms with Crippen molar-refractivity contribution >= 4 is 6.03 Å². The molecule has 6 heteroatoms. The summed E-state index contributed by atoms with van der Waals surface area (Å²) in [5, 5.41) is 5.75. The van der Waals surface area contributed by atoms with Gasteiger partial charge in [-0.15, -0.1) is 0 Å². The van der Waals surface area contributed by atoms with Gasteiger partial charge in [-0.1, -0.05) is 0 Å². The first-order chi connectivity index (χ1) is 10.8. The van der Waals surface area contributed by atoms with Crippen LogP contribution in [0.5, 0.6) is 0 Å². The first-order valence-electron chi connectivity index (χ1n) is 7.58. The summed E-state index contributed by atoms with van der Waals surface area (Å²) in [5.74, 6) is 0.686. The summed E-state index contributed by atoms with van der Waals surface area (Å²) in [6, 6.07) is 3.66. The van der Waals surface area contributed by atoms with Crippen LogP contribution >= 0.6 is 0 Å². The van der Waals surface area contributed by atoms with E-state index in [0.717, 1.165) is 36.1 Å². The smallest absolute Gasteiger partial charge is 0.315 e. The van der Waals surface area contributed by atoms with Gasteiger partial charge in [0, 0.05) is 42.0 Å². The van der Waals surface area contributed by atoms with Gasteiger partial charge in [-0.05, 0) is 38.3 Å². The number of amides is 2. The number of urea groups is 1. The van der Waals surface area contributed by atoms with Crippen molar-refractivity contribution in [3.05, 3.63) is 42.0 Å². The lowest BCUT2D eigenvalue weighted by Crippen LogP contribution is -2.39. The number of nitrogens with one attached hydrogen (secondary N) is 2. The molecule has 6 nitrogen and oxygen atoms in total. The summed E-state index contributed by atoms with van der Waals surface area (Å²) in [4.78, 5) is 24.9. The molecule has 0 saturated heterocycles. The second-order valence-electron chi connectivity index (χ2n) is 5.29. The predicted octanol–water partition coefficient (Wildman–Crippen LogP) is 2.24. The summed E-state index contributed by atoms with van der Waals surface area (Å²) >= 11 is 0. The summed E-state index contributed by atoms with van der Waals surface area (Å²) in [7, 11) is 0. The zero-order valence-electron chi connectivity index (χ0n) is 12.5. The van der Waals surface area contributed by atoms with Crippen LogP contribution in [0, 0.1) is 0 Å². The van der Waals surface area contributed by atoms with Crippen molar-refractivity contribution in [2.24, 2.45) is 0 Å². The van der Waals surface area contributed by atoms with Crippen molar-refractivity contribution in [1.29, 1.82) is 0 Å². The molecule has 0 aliphatic heterocycles. The second-order valence-corrected chi connectivity index (χ2v) is 5.29. The van der Waals surface area contributed by atoms with E-state index in [2.05, 4.69) is 25.6 Å². The van der Waals surface area contributed by atoms with Gasteiger partial charge in [0.1, 0.15) is 0 Å². The standard InChI is InChI=1S/C16H19N5O/c1-2-18-16(22)21-14-7-3-6-13-12(14)10-19-15(20-13)11-5-4-8-17-9-11/h4-5,8-10,14H,2-3,6-7H2,1H3,(H2,18,21,22). The van der Waals surface area contributed by atoms with Crippen molar-refractivity contribution < 1.29 is 4.79 Å². The monoisotopic (exact) mass is 297 g/mol. The molecule has 0 spiro atoms. The Kier molecular flexibility index (Phi) is 4.27. The van der Waals surface area contributed by atoms with E-state index in [1.54, 1.807) is 12.4 Å². The van der Waals surface area contributed by atoms with Crippen molar-refractivity contribution in [2.75, 3.05) is 6.54 Å². The molecular weight excluding hydrogens is 278 g/mol. The Balaban J connectivity index is 1.85. The normalized spacial score (nSPS) is 16.7. The molecule has 1 aliphatic rings. The van der Waals surface area contributed by atoms with E-state index in [-0.39, 0.29) is 12.1 Å². The average Bonchev–Trinajstić information content (AvgIpc) is 2.56. The molecule has 2 aromatic rings. The fraction of sp³-hybridized carbons (Fsp3) is 0.375. The van der Waals surface area contributed by atoms with Gasteiger partial charge < -0.3 is 10.6 Å². The third-order valence-electron chi connectivity index (χ3n) is 3.74. The van der Waals surface area contributed by atoms with Gasteiger partial charge in [-0.25, -0.2) is 14.8 Å². The van der Waals surface area contributed by atoms with Crippen LogP contribution in [0.2, 0.25) is 0 Å². The van der Waals surface area contributed by atoms with Crippen LogP contribution in [-0.2, 0) is 6.42 Å². The first-order valence-corrected chi connectivity index (χ1v) is 7.58. The minimum absolute atomic E-state index is 0.0155. The van der Waals surface area contributed by atoms with Crippen LogP contribution in [-0.4, -0.2) is 27.5 Å². The second kappa shape index (κ2) is 6.51. The van der Waals surface area contributed by atoms with Crippen LogP contribution < -0.4 is 10.6 Å². The maximum atomic E-state index is 11.7. The Bertz CT molecular complexity index is 659. The zero-order valence-corrected chi connectivity index (χ0v) is 12.5. The van der Waals surface area contributed by atoms with E-state index in [0.29, 0.717) is 12.4 Å². The van der Waals surface area contributed by atoms with E-state index in [1.807, 2.05) is 25.3 Å². The van der Waals surface area contributed by atoms with E-state index < -0.39 is 0 Å². The summed E-state index contributed by atoms with van der Waals surface area (Å²) in [5.41, 5.74) is 2.94. The van der Waals surface area contributed by atoms with Crippen LogP contribution in [0.15, 0.2) is 30.7 Å². The molecule has 22 heavy (non-hydrogen) atoms. The van der Waals surface area contributed by atoms with Gasteiger partial charge in [0.05, 0.1) is 6.04 Å². The molecule has 2 N–H and O–H groups in total. The van der Waals surface area contributed by atoms with Crippen LogP contribution in [0.4, 0.5) is 4.79 Å². The highest BCUT2D eigenvalue weighted by atomic mass is 16.2. The molecule has 1 aliphatic carbocycles. The summed E-state index contributed by atoms with van der Waals surface area (Å²) in [6.07, 6.45) is 8.16. The molecule has 0 fully saturated rings. The van der Waals surface area contributed by atoms with Crippen LogP contribution in [0.1, 0.15) is 37.1 Å². The molecule has 1 unspecified atom stereocenters. The van der Waals surface area contributed by atoms with Crippen molar-refractivity contribution in [3.8, 4) is 11.4 Å². The molecule has 2 heterocycles. The van der Waals surface area contributed by atoms with Crippen LogP contribution in [0.25, 0.3) is 11.4 Å². The van der Waals surface area contributed by atoms with Crippen molar-refractivity contribution in [2.45, 2.75) is 32.2 Å². The highest BCUT2D eigenvalue weighted by molar-refractivity contribution is 5.74. The quantitative estimate of drug-likeness (QED) is 0.910. The van der Waals surface area contributed by atoms with Crippen molar-refractivity contribution in [3.63, 3.8) is 0 Å². The SMILES string of the molecule is CCNC(=O)NC1CCCc2nc(-c3cccnc3)ncc21. The molecule has 114 valence electrons. The highest BCUT2D eigenvalue weighted by Gasteiger charge is 2.23. The molecule has 0 radical (unpaired) electrons. The number of carbonyl (C=O) groups excluding carboxylic acids is 1. The molecule has 0 bridgehead atoms. The number of hydrogen-bond acceptors (Lipinski definition) is 4. The topological polar surface area (TPSA) is 79.8 Å². The molecule has 2 amide bonds. The largest absolute Gasteiger partial charge is 0.338 e. The molecular formula is C16H19N5O.